The second kappa shape index (κ2) is 10.8. The molecule has 3 heterocycles. The average molecular weight is 564 g/mol. The maximum Gasteiger partial charge on any atom is 0.183 e. The second-order valence-electron chi connectivity index (χ2n) is 9.24. The molecule has 40 heavy (non-hydrogen) atoms. The molecule has 1 saturated carbocycles. The van der Waals surface area contributed by atoms with Crippen LogP contribution in [0.25, 0.3) is 22.9 Å². The van der Waals surface area contributed by atoms with Gasteiger partial charge in [-0.3, -0.25) is 4.68 Å². The van der Waals surface area contributed by atoms with Crippen LogP contribution in [0.1, 0.15) is 24.0 Å². The second-order valence-corrected chi connectivity index (χ2v) is 10.7. The van der Waals surface area contributed by atoms with Gasteiger partial charge in [-0.25, -0.2) is 23.0 Å². The Bertz CT molecular complexity index is 1690. The molecule has 0 aliphatic heterocycles. The lowest BCUT2D eigenvalue weighted by Gasteiger charge is -2.11. The third kappa shape index (κ3) is 5.54. The molecule has 3 aromatic heterocycles. The number of phenols is 1. The monoisotopic (exact) mass is 563 g/mol. The summed E-state index contributed by atoms with van der Waals surface area (Å²) >= 11 is 0. The lowest BCUT2D eigenvalue weighted by molar-refractivity contribution is 0.421. The lowest BCUT2D eigenvalue weighted by Crippen LogP contribution is -2.09. The van der Waals surface area contributed by atoms with Crippen molar-refractivity contribution in [3.63, 3.8) is 0 Å². The van der Waals surface area contributed by atoms with Gasteiger partial charge in [0, 0.05) is 18.2 Å². The first-order valence-corrected chi connectivity index (χ1v) is 13.6. The molecule has 2 aromatic carbocycles. The Labute approximate surface area is 229 Å². The minimum absolute atomic E-state index is 0.0575. The molecule has 1 atom stereocenters. The summed E-state index contributed by atoms with van der Waals surface area (Å²) in [5, 5.41) is 21.9. The third-order valence-corrected chi connectivity index (χ3v) is 7.79. The van der Waals surface area contributed by atoms with Crippen LogP contribution in [0.3, 0.4) is 0 Å². The summed E-state index contributed by atoms with van der Waals surface area (Å²) in [6.07, 6.45) is 4.26. The van der Waals surface area contributed by atoms with E-state index < -0.39 is 16.8 Å². The standard InChI is InChI=1S/C27H23F2N7O3S/c28-19-4-2-1-3-17(19)15-36-24(21-9-10-39-34-21)12-23(33-36)27-31-14-20(29)26(32-27)30-13-16-5-8-22(25(37)11-16)35-40(38)18-6-7-18/h1-5,8-12,14,18,35,37H,6-7,13,15H2,(H,30,31,32). The van der Waals surface area contributed by atoms with Crippen LogP contribution in [-0.2, 0) is 24.1 Å². The molecule has 3 N–H and O–H groups in total. The topological polar surface area (TPSA) is 131 Å². The number of hydrogen-bond acceptors (Lipinski definition) is 8. The lowest BCUT2D eigenvalue weighted by atomic mass is 10.2. The zero-order valence-corrected chi connectivity index (χ0v) is 21.7. The van der Waals surface area contributed by atoms with E-state index in [0.717, 1.165) is 19.0 Å². The zero-order chi connectivity index (χ0) is 27.6. The van der Waals surface area contributed by atoms with Gasteiger partial charge in [0.15, 0.2) is 17.5 Å². The minimum Gasteiger partial charge on any atom is -0.506 e. The summed E-state index contributed by atoms with van der Waals surface area (Å²) in [7, 11) is -1.24. The molecule has 13 heteroatoms. The highest BCUT2D eigenvalue weighted by Gasteiger charge is 2.29. The summed E-state index contributed by atoms with van der Waals surface area (Å²) < 4.78 is 50.4. The van der Waals surface area contributed by atoms with Crippen molar-refractivity contribution < 1.29 is 22.6 Å². The van der Waals surface area contributed by atoms with Gasteiger partial charge in [0.1, 0.15) is 40.2 Å². The summed E-state index contributed by atoms with van der Waals surface area (Å²) in [6.45, 7) is 0.266. The maximum atomic E-state index is 14.6. The Kier molecular flexibility index (Phi) is 6.95. The number of anilines is 2. The highest BCUT2D eigenvalue weighted by molar-refractivity contribution is 7.87. The largest absolute Gasteiger partial charge is 0.506 e. The summed E-state index contributed by atoms with van der Waals surface area (Å²) in [5.74, 6) is -1.02. The number of aromatic hydroxyl groups is 1. The van der Waals surface area contributed by atoms with Gasteiger partial charge in [-0.2, -0.15) is 5.10 Å². The Balaban J connectivity index is 1.23. The number of aromatic nitrogens is 5. The first kappa shape index (κ1) is 25.6. The molecule has 0 amide bonds. The highest BCUT2D eigenvalue weighted by atomic mass is 32.2. The molecular formula is C27H23F2N7O3S. The molecule has 204 valence electrons. The number of rotatable bonds is 10. The van der Waals surface area contributed by atoms with Gasteiger partial charge < -0.3 is 19.7 Å². The van der Waals surface area contributed by atoms with Crippen LogP contribution >= 0.6 is 0 Å². The van der Waals surface area contributed by atoms with Crippen molar-refractivity contribution in [1.29, 1.82) is 0 Å². The van der Waals surface area contributed by atoms with E-state index in [1.807, 2.05) is 0 Å². The van der Waals surface area contributed by atoms with Gasteiger partial charge in [0.05, 0.1) is 29.4 Å². The van der Waals surface area contributed by atoms with Crippen molar-refractivity contribution in [2.24, 2.45) is 0 Å². The molecule has 1 unspecified atom stereocenters. The summed E-state index contributed by atoms with van der Waals surface area (Å²) in [6, 6.07) is 14.6. The van der Waals surface area contributed by atoms with Crippen LogP contribution in [0.5, 0.6) is 5.75 Å². The Morgan fingerprint density at radius 2 is 1.93 bits per heavy atom. The number of halogens is 2. The normalized spacial score (nSPS) is 13.8. The quantitative estimate of drug-likeness (QED) is 0.205. The molecular weight excluding hydrogens is 540 g/mol. The van der Waals surface area contributed by atoms with Crippen LogP contribution in [0.4, 0.5) is 20.3 Å². The van der Waals surface area contributed by atoms with Gasteiger partial charge in [0.2, 0.25) is 0 Å². The van der Waals surface area contributed by atoms with E-state index in [1.54, 1.807) is 47.1 Å². The number of benzene rings is 2. The van der Waals surface area contributed by atoms with E-state index in [2.05, 4.69) is 30.3 Å². The fourth-order valence-corrected chi connectivity index (χ4v) is 5.15. The highest BCUT2D eigenvalue weighted by Crippen LogP contribution is 2.31. The van der Waals surface area contributed by atoms with E-state index in [0.29, 0.717) is 33.9 Å². The predicted molar refractivity (Wildman–Crippen MR) is 144 cm³/mol. The van der Waals surface area contributed by atoms with Crippen molar-refractivity contribution in [1.82, 2.24) is 24.9 Å². The van der Waals surface area contributed by atoms with Crippen molar-refractivity contribution in [3.8, 4) is 28.7 Å². The van der Waals surface area contributed by atoms with E-state index >= 15 is 0 Å². The van der Waals surface area contributed by atoms with E-state index in [1.165, 1.54) is 18.4 Å². The van der Waals surface area contributed by atoms with E-state index in [9.17, 15) is 18.1 Å². The summed E-state index contributed by atoms with van der Waals surface area (Å²) in [5.41, 5.74) is 2.80. The molecule has 5 aromatic rings. The molecule has 1 aliphatic carbocycles. The SMILES string of the molecule is O=S(Nc1ccc(CNc2nc(-c3cc(-c4ccon4)n(Cc4ccccc4F)n3)ncc2F)cc1O)C1CC1. The maximum absolute atomic E-state index is 14.6. The Hall–Kier alpha value is -4.65. The molecule has 0 radical (unpaired) electrons. The molecule has 10 nitrogen and oxygen atoms in total. The van der Waals surface area contributed by atoms with Crippen LogP contribution in [-0.4, -0.2) is 39.5 Å². The van der Waals surface area contributed by atoms with Gasteiger partial charge in [0.25, 0.3) is 0 Å². The first-order valence-electron chi connectivity index (χ1n) is 12.4. The third-order valence-electron chi connectivity index (χ3n) is 6.29. The van der Waals surface area contributed by atoms with Gasteiger partial charge in [-0.15, -0.1) is 0 Å². The molecule has 1 fully saturated rings. The van der Waals surface area contributed by atoms with Crippen molar-refractivity contribution >= 4 is 22.5 Å². The summed E-state index contributed by atoms with van der Waals surface area (Å²) in [4.78, 5) is 8.42. The van der Waals surface area contributed by atoms with Crippen molar-refractivity contribution in [2.45, 2.75) is 31.2 Å². The Morgan fingerprint density at radius 3 is 2.67 bits per heavy atom. The van der Waals surface area contributed by atoms with Crippen LogP contribution in [0.2, 0.25) is 0 Å². The number of phenolic OH excluding ortho intramolecular Hbond substituents is 1. The van der Waals surface area contributed by atoms with Crippen LogP contribution in [0, 0.1) is 11.6 Å². The number of hydrogen-bond donors (Lipinski definition) is 3. The van der Waals surface area contributed by atoms with Gasteiger partial charge in [-0.05, 0) is 42.7 Å². The fourth-order valence-electron chi connectivity index (χ4n) is 4.03. The van der Waals surface area contributed by atoms with Crippen LogP contribution in [0.15, 0.2) is 71.6 Å². The minimum atomic E-state index is -1.24. The average Bonchev–Trinajstić information content (AvgIpc) is 3.50. The zero-order valence-electron chi connectivity index (χ0n) is 20.9. The Morgan fingerprint density at radius 1 is 1.07 bits per heavy atom. The van der Waals surface area contributed by atoms with Crippen LogP contribution < -0.4 is 10.0 Å². The number of nitrogens with zero attached hydrogens (tertiary/aromatic N) is 5. The first-order chi connectivity index (χ1) is 19.4. The molecule has 1 aliphatic rings. The number of nitrogens with one attached hydrogen (secondary N) is 2. The molecule has 0 spiro atoms. The van der Waals surface area contributed by atoms with E-state index in [-0.39, 0.29) is 41.5 Å². The van der Waals surface area contributed by atoms with E-state index in [4.69, 9.17) is 4.52 Å². The van der Waals surface area contributed by atoms with Gasteiger partial charge >= 0.3 is 0 Å². The fraction of sp³-hybridized carbons (Fsp3) is 0.185. The molecule has 6 rings (SSSR count). The molecule has 0 saturated heterocycles. The van der Waals surface area contributed by atoms with Crippen molar-refractivity contribution in [2.75, 3.05) is 10.0 Å². The van der Waals surface area contributed by atoms with Gasteiger partial charge in [-0.1, -0.05) is 29.4 Å². The smallest absolute Gasteiger partial charge is 0.183 e. The van der Waals surface area contributed by atoms with Crippen molar-refractivity contribution in [3.05, 3.63) is 89.8 Å². The predicted octanol–water partition coefficient (Wildman–Crippen LogP) is 4.88. The molecule has 0 bridgehead atoms.